The Labute approximate surface area is 99.9 Å². The van der Waals surface area contributed by atoms with E-state index < -0.39 is 5.72 Å². The lowest BCUT2D eigenvalue weighted by Gasteiger charge is -2.38. The number of nitrogens with two attached hydrogens (primary N) is 1. The Morgan fingerprint density at radius 1 is 1.65 bits per heavy atom. The lowest BCUT2D eigenvalue weighted by molar-refractivity contribution is -0.132. The van der Waals surface area contributed by atoms with Gasteiger partial charge in [-0.25, -0.2) is 4.79 Å². The predicted molar refractivity (Wildman–Crippen MR) is 63.8 cm³/mol. The SMILES string of the molecule is COC(=O)c1cccc(NC[C@]2(N)CCO2)c1. The molecule has 5 nitrogen and oxygen atoms in total. The molecule has 92 valence electrons. The van der Waals surface area contributed by atoms with Gasteiger partial charge in [-0.3, -0.25) is 0 Å². The molecule has 0 unspecified atom stereocenters. The quantitative estimate of drug-likeness (QED) is 0.762. The van der Waals surface area contributed by atoms with Gasteiger partial charge in [-0.15, -0.1) is 0 Å². The van der Waals surface area contributed by atoms with E-state index in [0.29, 0.717) is 18.7 Å². The van der Waals surface area contributed by atoms with Crippen molar-refractivity contribution in [1.29, 1.82) is 0 Å². The zero-order chi connectivity index (χ0) is 12.3. The second kappa shape index (κ2) is 4.73. The van der Waals surface area contributed by atoms with Crippen LogP contribution in [-0.4, -0.2) is 32.0 Å². The van der Waals surface area contributed by atoms with Gasteiger partial charge in [-0.2, -0.15) is 0 Å². The fourth-order valence-corrected chi connectivity index (χ4v) is 1.63. The van der Waals surface area contributed by atoms with Gasteiger partial charge in [0.1, 0.15) is 5.72 Å². The topological polar surface area (TPSA) is 73.6 Å². The van der Waals surface area contributed by atoms with Gasteiger partial charge < -0.3 is 20.5 Å². The molecule has 1 heterocycles. The molecule has 1 aliphatic rings. The number of carbonyl (C=O) groups excluding carboxylic acids is 1. The summed E-state index contributed by atoms with van der Waals surface area (Å²) in [7, 11) is 1.36. The Hall–Kier alpha value is -1.59. The zero-order valence-corrected chi connectivity index (χ0v) is 9.73. The number of ether oxygens (including phenoxy) is 2. The third-order valence-corrected chi connectivity index (χ3v) is 2.79. The average Bonchev–Trinajstić information content (AvgIpc) is 2.33. The summed E-state index contributed by atoms with van der Waals surface area (Å²) in [6.07, 6.45) is 0.844. The first-order valence-electron chi connectivity index (χ1n) is 5.48. The first-order valence-corrected chi connectivity index (χ1v) is 5.48. The Morgan fingerprint density at radius 2 is 2.41 bits per heavy atom. The summed E-state index contributed by atoms with van der Waals surface area (Å²) in [4.78, 5) is 11.3. The van der Waals surface area contributed by atoms with E-state index in [2.05, 4.69) is 10.1 Å². The highest BCUT2D eigenvalue weighted by atomic mass is 16.5. The Morgan fingerprint density at radius 3 is 3.00 bits per heavy atom. The number of rotatable bonds is 4. The van der Waals surface area contributed by atoms with Gasteiger partial charge in [0, 0.05) is 12.1 Å². The van der Waals surface area contributed by atoms with Gasteiger partial charge in [0.2, 0.25) is 0 Å². The molecule has 5 heteroatoms. The molecular weight excluding hydrogens is 220 g/mol. The van der Waals surface area contributed by atoms with Crippen LogP contribution in [0, 0.1) is 0 Å². The molecule has 17 heavy (non-hydrogen) atoms. The van der Waals surface area contributed by atoms with E-state index in [0.717, 1.165) is 12.1 Å². The highest BCUT2D eigenvalue weighted by Gasteiger charge is 2.33. The Bertz CT molecular complexity index is 416. The van der Waals surface area contributed by atoms with Gasteiger partial charge in [0.05, 0.1) is 25.8 Å². The van der Waals surface area contributed by atoms with Crippen LogP contribution in [0.4, 0.5) is 5.69 Å². The number of benzene rings is 1. The summed E-state index contributed by atoms with van der Waals surface area (Å²) in [6, 6.07) is 7.09. The molecule has 1 saturated heterocycles. The van der Waals surface area contributed by atoms with Crippen LogP contribution in [0.2, 0.25) is 0 Å². The van der Waals surface area contributed by atoms with E-state index in [1.807, 2.05) is 6.07 Å². The number of methoxy groups -OCH3 is 1. The van der Waals surface area contributed by atoms with Crippen LogP contribution in [0.25, 0.3) is 0 Å². The van der Waals surface area contributed by atoms with Crippen molar-refractivity contribution in [2.45, 2.75) is 12.1 Å². The highest BCUT2D eigenvalue weighted by Crippen LogP contribution is 2.21. The standard InChI is InChI=1S/C12H16N2O3/c1-16-11(15)9-3-2-4-10(7-9)14-8-12(13)5-6-17-12/h2-4,7,14H,5-6,8,13H2,1H3/t12-/m0/s1. The summed E-state index contributed by atoms with van der Waals surface area (Å²) in [5.41, 5.74) is 6.67. The third kappa shape index (κ3) is 2.75. The van der Waals surface area contributed by atoms with Gasteiger partial charge in [-0.05, 0) is 18.2 Å². The maximum Gasteiger partial charge on any atom is 0.337 e. The summed E-state index contributed by atoms with van der Waals surface area (Å²) in [5.74, 6) is -0.351. The predicted octanol–water partition coefficient (Wildman–Crippen LogP) is 0.960. The number of hydrogen-bond donors (Lipinski definition) is 2. The lowest BCUT2D eigenvalue weighted by atomic mass is 10.1. The molecule has 0 spiro atoms. The first-order chi connectivity index (χ1) is 8.13. The van der Waals surface area contributed by atoms with Gasteiger partial charge in [-0.1, -0.05) is 6.07 Å². The van der Waals surface area contributed by atoms with E-state index in [1.54, 1.807) is 18.2 Å². The van der Waals surface area contributed by atoms with Crippen LogP contribution in [-0.2, 0) is 9.47 Å². The second-order valence-electron chi connectivity index (χ2n) is 4.09. The number of carbonyl (C=O) groups is 1. The maximum atomic E-state index is 11.3. The van der Waals surface area contributed by atoms with E-state index in [4.69, 9.17) is 10.5 Å². The number of hydrogen-bond acceptors (Lipinski definition) is 5. The number of esters is 1. The molecule has 0 aliphatic carbocycles. The summed E-state index contributed by atoms with van der Waals surface area (Å²) >= 11 is 0. The molecule has 1 aromatic rings. The smallest absolute Gasteiger partial charge is 0.337 e. The molecule has 1 fully saturated rings. The molecule has 0 amide bonds. The van der Waals surface area contributed by atoms with Crippen molar-refractivity contribution in [2.24, 2.45) is 5.73 Å². The summed E-state index contributed by atoms with van der Waals surface area (Å²) in [6.45, 7) is 1.23. The molecule has 0 aromatic heterocycles. The van der Waals surface area contributed by atoms with Crippen molar-refractivity contribution in [1.82, 2.24) is 0 Å². The maximum absolute atomic E-state index is 11.3. The van der Waals surface area contributed by atoms with E-state index >= 15 is 0 Å². The highest BCUT2D eigenvalue weighted by molar-refractivity contribution is 5.90. The van der Waals surface area contributed by atoms with E-state index in [1.165, 1.54) is 7.11 Å². The van der Waals surface area contributed by atoms with Crippen molar-refractivity contribution in [3.8, 4) is 0 Å². The Balaban J connectivity index is 1.98. The fourth-order valence-electron chi connectivity index (χ4n) is 1.63. The molecule has 3 N–H and O–H groups in total. The molecule has 2 rings (SSSR count). The van der Waals surface area contributed by atoms with Crippen LogP contribution < -0.4 is 11.1 Å². The van der Waals surface area contributed by atoms with Crippen LogP contribution in [0.3, 0.4) is 0 Å². The Kier molecular flexibility index (Phi) is 3.31. The van der Waals surface area contributed by atoms with Gasteiger partial charge in [0.25, 0.3) is 0 Å². The van der Waals surface area contributed by atoms with Gasteiger partial charge in [0.15, 0.2) is 0 Å². The largest absolute Gasteiger partial charge is 0.465 e. The number of nitrogens with one attached hydrogen (secondary N) is 1. The summed E-state index contributed by atoms with van der Waals surface area (Å²) in [5, 5.41) is 3.15. The van der Waals surface area contributed by atoms with Gasteiger partial charge >= 0.3 is 5.97 Å². The van der Waals surface area contributed by atoms with E-state index in [9.17, 15) is 4.79 Å². The minimum Gasteiger partial charge on any atom is -0.465 e. The van der Waals surface area contributed by atoms with Crippen LogP contribution in [0.15, 0.2) is 24.3 Å². The molecule has 1 aromatic carbocycles. The van der Waals surface area contributed by atoms with Crippen LogP contribution in [0.1, 0.15) is 16.8 Å². The molecule has 0 bridgehead atoms. The molecule has 1 atom stereocenters. The first kappa shape index (κ1) is 11.9. The molecular formula is C12H16N2O3. The van der Waals surface area contributed by atoms with Crippen molar-refractivity contribution in [3.63, 3.8) is 0 Å². The molecule has 1 aliphatic heterocycles. The van der Waals surface area contributed by atoms with Crippen molar-refractivity contribution >= 4 is 11.7 Å². The zero-order valence-electron chi connectivity index (χ0n) is 9.73. The van der Waals surface area contributed by atoms with Crippen molar-refractivity contribution < 1.29 is 14.3 Å². The summed E-state index contributed by atoms with van der Waals surface area (Å²) < 4.78 is 9.92. The third-order valence-electron chi connectivity index (χ3n) is 2.79. The minimum atomic E-state index is -0.568. The molecule has 0 radical (unpaired) electrons. The normalized spacial score (nSPS) is 22.7. The van der Waals surface area contributed by atoms with Crippen LogP contribution in [0.5, 0.6) is 0 Å². The number of anilines is 1. The van der Waals surface area contributed by atoms with Crippen molar-refractivity contribution in [3.05, 3.63) is 29.8 Å². The monoisotopic (exact) mass is 236 g/mol. The lowest BCUT2D eigenvalue weighted by Crippen LogP contribution is -2.56. The molecule has 0 saturated carbocycles. The van der Waals surface area contributed by atoms with Crippen molar-refractivity contribution in [2.75, 3.05) is 25.6 Å². The van der Waals surface area contributed by atoms with Crippen LogP contribution >= 0.6 is 0 Å². The minimum absolute atomic E-state index is 0.351. The average molecular weight is 236 g/mol. The second-order valence-corrected chi connectivity index (χ2v) is 4.09. The fraction of sp³-hybridized carbons (Fsp3) is 0.417. The van der Waals surface area contributed by atoms with E-state index in [-0.39, 0.29) is 5.97 Å².